The molecule has 28 heavy (non-hydrogen) atoms. The molecule has 1 saturated carbocycles. The second kappa shape index (κ2) is 7.30. The number of hydrogen-bond donors (Lipinski definition) is 0. The first kappa shape index (κ1) is 18.4. The number of para-hydroxylation sites is 1. The molecule has 1 aliphatic carbocycles. The maximum absolute atomic E-state index is 13.1. The van der Waals surface area contributed by atoms with Crippen molar-refractivity contribution in [2.45, 2.75) is 44.6 Å². The Bertz CT molecular complexity index is 819. The lowest BCUT2D eigenvalue weighted by Crippen LogP contribution is -2.54. The number of fused-ring (bicyclic) bond motifs is 1. The molecule has 1 atom stereocenters. The van der Waals surface area contributed by atoms with Gasteiger partial charge in [0.25, 0.3) is 0 Å². The SMILES string of the molecule is CN(c1nc2ccccc2s1)C1CCCN(C(=O)C2CC3(CCOCC3)C2)C1. The van der Waals surface area contributed by atoms with Gasteiger partial charge in [-0.25, -0.2) is 4.98 Å². The van der Waals surface area contributed by atoms with E-state index in [2.05, 4.69) is 35.0 Å². The molecule has 1 aromatic heterocycles. The number of rotatable bonds is 3. The zero-order valence-electron chi connectivity index (χ0n) is 16.6. The summed E-state index contributed by atoms with van der Waals surface area (Å²) in [4.78, 5) is 22.4. The molecule has 1 spiro atoms. The molecular formula is C22H29N3O2S. The molecule has 6 heteroatoms. The number of thiazole rings is 1. The molecule has 1 aromatic carbocycles. The van der Waals surface area contributed by atoms with Gasteiger partial charge < -0.3 is 14.5 Å². The van der Waals surface area contributed by atoms with E-state index in [1.807, 2.05) is 6.07 Å². The lowest BCUT2D eigenvalue weighted by atomic mass is 9.58. The van der Waals surface area contributed by atoms with E-state index >= 15 is 0 Å². The van der Waals surface area contributed by atoms with Crippen LogP contribution in [0, 0.1) is 11.3 Å². The van der Waals surface area contributed by atoms with Crippen LogP contribution >= 0.6 is 11.3 Å². The van der Waals surface area contributed by atoms with Crippen molar-refractivity contribution in [2.75, 3.05) is 38.3 Å². The van der Waals surface area contributed by atoms with Gasteiger partial charge in [-0.05, 0) is 56.1 Å². The second-order valence-electron chi connectivity index (χ2n) is 8.87. The minimum atomic E-state index is 0.240. The molecule has 1 amide bonds. The van der Waals surface area contributed by atoms with Gasteiger partial charge in [-0.15, -0.1) is 0 Å². The van der Waals surface area contributed by atoms with Crippen LogP contribution < -0.4 is 4.90 Å². The Kier molecular flexibility index (Phi) is 4.79. The van der Waals surface area contributed by atoms with E-state index in [0.29, 0.717) is 17.4 Å². The molecule has 2 aromatic rings. The molecule has 2 saturated heterocycles. The Morgan fingerprint density at radius 3 is 2.86 bits per heavy atom. The smallest absolute Gasteiger partial charge is 0.225 e. The molecular weight excluding hydrogens is 370 g/mol. The summed E-state index contributed by atoms with van der Waals surface area (Å²) in [6.07, 6.45) is 6.63. The van der Waals surface area contributed by atoms with E-state index in [0.717, 1.165) is 75.5 Å². The molecule has 5 nitrogen and oxygen atoms in total. The first-order chi connectivity index (χ1) is 13.6. The number of aromatic nitrogens is 1. The van der Waals surface area contributed by atoms with Crippen LogP contribution in [0.1, 0.15) is 38.5 Å². The van der Waals surface area contributed by atoms with E-state index < -0.39 is 0 Å². The summed E-state index contributed by atoms with van der Waals surface area (Å²) in [5.74, 6) is 0.629. The van der Waals surface area contributed by atoms with Crippen molar-refractivity contribution < 1.29 is 9.53 Å². The third-order valence-electron chi connectivity index (χ3n) is 7.10. The zero-order chi connectivity index (χ0) is 19.1. The van der Waals surface area contributed by atoms with Gasteiger partial charge in [-0.1, -0.05) is 23.5 Å². The van der Waals surface area contributed by atoms with Crippen LogP contribution in [0.15, 0.2) is 24.3 Å². The summed E-state index contributed by atoms with van der Waals surface area (Å²) in [6, 6.07) is 8.66. The predicted octanol–water partition coefficient (Wildman–Crippen LogP) is 3.93. The number of likely N-dealkylation sites (tertiary alicyclic amines) is 1. The Hall–Kier alpha value is -1.66. The lowest BCUT2D eigenvalue weighted by molar-refractivity contribution is -0.149. The molecule has 3 aliphatic rings. The Morgan fingerprint density at radius 2 is 2.07 bits per heavy atom. The van der Waals surface area contributed by atoms with E-state index in [1.54, 1.807) is 11.3 Å². The number of nitrogens with zero attached hydrogens (tertiary/aromatic N) is 3. The Balaban J connectivity index is 1.23. The third-order valence-corrected chi connectivity index (χ3v) is 8.23. The number of amides is 1. The maximum atomic E-state index is 13.1. The minimum Gasteiger partial charge on any atom is -0.381 e. The highest BCUT2D eigenvalue weighted by Gasteiger charge is 2.49. The number of ether oxygens (including phenoxy) is 1. The number of anilines is 1. The first-order valence-corrected chi connectivity index (χ1v) is 11.4. The van der Waals surface area contributed by atoms with Crippen LogP contribution in [0.25, 0.3) is 10.2 Å². The van der Waals surface area contributed by atoms with E-state index in [-0.39, 0.29) is 5.92 Å². The fraction of sp³-hybridized carbons (Fsp3) is 0.636. The minimum absolute atomic E-state index is 0.240. The van der Waals surface area contributed by atoms with Gasteiger partial charge in [0.15, 0.2) is 5.13 Å². The summed E-state index contributed by atoms with van der Waals surface area (Å²) in [5.41, 5.74) is 1.47. The Labute approximate surface area is 170 Å². The fourth-order valence-corrected chi connectivity index (χ4v) is 6.27. The summed E-state index contributed by atoms with van der Waals surface area (Å²) in [6.45, 7) is 3.49. The highest BCUT2D eigenvalue weighted by atomic mass is 32.1. The van der Waals surface area contributed by atoms with Gasteiger partial charge in [0.2, 0.25) is 5.91 Å². The van der Waals surface area contributed by atoms with Crippen molar-refractivity contribution in [3.8, 4) is 0 Å². The fourth-order valence-electron chi connectivity index (χ4n) is 5.27. The number of carbonyl (C=O) groups excluding carboxylic acids is 1. The largest absolute Gasteiger partial charge is 0.381 e. The third kappa shape index (κ3) is 3.30. The summed E-state index contributed by atoms with van der Waals surface area (Å²) in [7, 11) is 2.14. The van der Waals surface area contributed by atoms with Crippen LogP contribution in [0.5, 0.6) is 0 Å². The van der Waals surface area contributed by atoms with Gasteiger partial charge in [0.05, 0.1) is 10.2 Å². The average molecular weight is 400 g/mol. The van der Waals surface area contributed by atoms with Gasteiger partial charge in [0, 0.05) is 45.3 Å². The van der Waals surface area contributed by atoms with E-state index in [9.17, 15) is 4.79 Å². The normalized spacial score (nSPS) is 25.0. The second-order valence-corrected chi connectivity index (χ2v) is 9.88. The number of hydrogen-bond acceptors (Lipinski definition) is 5. The highest BCUT2D eigenvalue weighted by Crippen LogP contribution is 2.52. The topological polar surface area (TPSA) is 45.7 Å². The predicted molar refractivity (Wildman–Crippen MR) is 113 cm³/mol. The molecule has 5 rings (SSSR count). The van der Waals surface area contributed by atoms with Crippen LogP contribution in [0.2, 0.25) is 0 Å². The van der Waals surface area contributed by atoms with Crippen molar-refractivity contribution in [2.24, 2.45) is 11.3 Å². The molecule has 3 fully saturated rings. The van der Waals surface area contributed by atoms with Crippen molar-refractivity contribution in [1.29, 1.82) is 0 Å². The molecule has 1 unspecified atom stereocenters. The number of benzene rings is 1. The average Bonchev–Trinajstić information content (AvgIpc) is 3.16. The summed E-state index contributed by atoms with van der Waals surface area (Å²) in [5, 5.41) is 1.06. The molecule has 3 heterocycles. The number of carbonyl (C=O) groups is 1. The highest BCUT2D eigenvalue weighted by molar-refractivity contribution is 7.22. The van der Waals surface area contributed by atoms with E-state index in [4.69, 9.17) is 9.72 Å². The molecule has 0 bridgehead atoms. The van der Waals surface area contributed by atoms with Crippen LogP contribution in [-0.4, -0.2) is 55.2 Å². The number of likely N-dealkylation sites (N-methyl/N-ethyl adjacent to an activating group) is 1. The lowest BCUT2D eigenvalue weighted by Gasteiger charge is -2.51. The van der Waals surface area contributed by atoms with Gasteiger partial charge in [0.1, 0.15) is 0 Å². The summed E-state index contributed by atoms with van der Waals surface area (Å²) >= 11 is 1.74. The van der Waals surface area contributed by atoms with Gasteiger partial charge >= 0.3 is 0 Å². The first-order valence-electron chi connectivity index (χ1n) is 10.6. The van der Waals surface area contributed by atoms with Crippen LogP contribution in [-0.2, 0) is 9.53 Å². The molecule has 2 aliphatic heterocycles. The van der Waals surface area contributed by atoms with Crippen molar-refractivity contribution >= 4 is 32.6 Å². The zero-order valence-corrected chi connectivity index (χ0v) is 17.4. The molecule has 0 N–H and O–H groups in total. The van der Waals surface area contributed by atoms with Gasteiger partial charge in [-0.2, -0.15) is 0 Å². The van der Waals surface area contributed by atoms with E-state index in [1.165, 1.54) is 4.70 Å². The van der Waals surface area contributed by atoms with Crippen molar-refractivity contribution in [1.82, 2.24) is 9.88 Å². The van der Waals surface area contributed by atoms with Gasteiger partial charge in [-0.3, -0.25) is 4.79 Å². The van der Waals surface area contributed by atoms with Crippen molar-refractivity contribution in [3.63, 3.8) is 0 Å². The monoisotopic (exact) mass is 399 g/mol. The summed E-state index contributed by atoms with van der Waals surface area (Å²) < 4.78 is 6.74. The molecule has 150 valence electrons. The van der Waals surface area contributed by atoms with Crippen LogP contribution in [0.3, 0.4) is 0 Å². The Morgan fingerprint density at radius 1 is 1.29 bits per heavy atom. The van der Waals surface area contributed by atoms with Crippen LogP contribution in [0.4, 0.5) is 5.13 Å². The standard InChI is InChI=1S/C22H29N3O2S/c1-24(21-23-18-6-2-3-7-19(18)28-21)17-5-4-10-25(15-17)20(26)16-13-22(14-16)8-11-27-12-9-22/h2-3,6-7,16-17H,4-5,8-15H2,1H3. The maximum Gasteiger partial charge on any atom is 0.225 e. The quantitative estimate of drug-likeness (QED) is 0.785. The van der Waals surface area contributed by atoms with Crippen molar-refractivity contribution in [3.05, 3.63) is 24.3 Å². The number of piperidine rings is 1. The molecule has 0 radical (unpaired) electrons.